The van der Waals surface area contributed by atoms with Crippen LogP contribution in [0, 0.1) is 0 Å². The highest BCUT2D eigenvalue weighted by atomic mass is 35.5. The van der Waals surface area contributed by atoms with E-state index < -0.39 is 24.1 Å². The number of urea groups is 2. The van der Waals surface area contributed by atoms with Crippen molar-refractivity contribution in [3.05, 3.63) is 89.4 Å². The number of thioether (sulfide) groups is 1. The third-order valence-corrected chi connectivity index (χ3v) is 6.94. The molecule has 240 valence electrons. The Morgan fingerprint density at radius 3 is 2.11 bits per heavy atom. The number of amides is 5. The van der Waals surface area contributed by atoms with Crippen molar-refractivity contribution >= 4 is 57.9 Å². The lowest BCUT2D eigenvalue weighted by molar-refractivity contribution is -0.274. The number of anilines is 2. The second-order valence-corrected chi connectivity index (χ2v) is 12.1. The van der Waals surface area contributed by atoms with E-state index in [1.54, 1.807) is 33.7 Å². The van der Waals surface area contributed by atoms with Gasteiger partial charge in [0.2, 0.25) is 0 Å². The lowest BCUT2D eigenvalue weighted by Crippen LogP contribution is -2.53. The summed E-state index contributed by atoms with van der Waals surface area (Å²) in [6.07, 6.45) is -4.80. The number of ether oxygens (including phenoxy) is 1. The summed E-state index contributed by atoms with van der Waals surface area (Å²) in [5, 5.41) is 5.35. The standard InChI is InChI=1S/C16H23N3OS.C15H10ClF3N2O3/c1-12(2)19-14(17-16(3,4)5)21-11-18(15(19)20)13-9-7-6-8-10-13;16-12-4-2-1-3-11(12)13(22)21-14(23)20-9-5-7-10(8-6-9)24-15(17,18)19/h6-10,12H,11H2,1-5H3;1-8H,(H2,20,21,22,23)/b17-14-;. The first-order chi connectivity index (χ1) is 21.0. The van der Waals surface area contributed by atoms with E-state index in [-0.39, 0.29) is 33.9 Å². The Morgan fingerprint density at radius 2 is 1.56 bits per heavy atom. The molecule has 1 aliphatic rings. The number of aliphatic imine (C=N–C) groups is 1. The van der Waals surface area contributed by atoms with Crippen molar-refractivity contribution in [3.63, 3.8) is 0 Å². The molecule has 4 rings (SSSR count). The van der Waals surface area contributed by atoms with Crippen molar-refractivity contribution in [1.29, 1.82) is 0 Å². The number of alkyl halides is 3. The fraction of sp³-hybridized carbons (Fsp3) is 0.290. The van der Waals surface area contributed by atoms with E-state index in [0.29, 0.717) is 5.88 Å². The monoisotopic (exact) mass is 663 g/mol. The SMILES string of the molecule is CC(C)N1C(=O)N(c2ccccc2)CS/C1=N\C(C)(C)C.O=C(NC(=O)c1ccccc1Cl)Nc1ccc(OC(F)(F)F)cc1. The van der Waals surface area contributed by atoms with Gasteiger partial charge in [-0.05, 0) is 83.1 Å². The van der Waals surface area contributed by atoms with Crippen molar-refractivity contribution in [2.75, 3.05) is 16.1 Å². The minimum Gasteiger partial charge on any atom is -0.406 e. The van der Waals surface area contributed by atoms with Crippen LogP contribution in [-0.2, 0) is 0 Å². The predicted molar refractivity (Wildman–Crippen MR) is 172 cm³/mol. The maximum Gasteiger partial charge on any atom is 0.573 e. The molecule has 3 aromatic carbocycles. The van der Waals surface area contributed by atoms with Crippen LogP contribution in [0.2, 0.25) is 5.02 Å². The fourth-order valence-corrected chi connectivity index (χ4v) is 5.28. The van der Waals surface area contributed by atoms with E-state index in [1.165, 1.54) is 24.3 Å². The minimum absolute atomic E-state index is 0.00190. The van der Waals surface area contributed by atoms with Gasteiger partial charge >= 0.3 is 18.4 Å². The number of carbonyl (C=O) groups excluding carboxylic acids is 3. The van der Waals surface area contributed by atoms with Gasteiger partial charge in [0.05, 0.1) is 22.0 Å². The highest BCUT2D eigenvalue weighted by molar-refractivity contribution is 8.14. The Labute approximate surface area is 268 Å². The molecule has 0 spiro atoms. The number of halogens is 4. The molecular formula is C31H33ClF3N5O4S. The first-order valence-electron chi connectivity index (χ1n) is 13.6. The molecule has 0 saturated carbocycles. The van der Waals surface area contributed by atoms with Crippen LogP contribution in [-0.4, -0.2) is 51.9 Å². The molecule has 3 aromatic rings. The highest BCUT2D eigenvalue weighted by Crippen LogP contribution is 2.29. The Bertz CT molecular complexity index is 1510. The number of para-hydroxylation sites is 1. The van der Waals surface area contributed by atoms with Gasteiger partial charge in [-0.2, -0.15) is 0 Å². The van der Waals surface area contributed by atoms with Crippen LogP contribution < -0.4 is 20.3 Å². The summed E-state index contributed by atoms with van der Waals surface area (Å²) in [4.78, 5) is 44.7. The van der Waals surface area contributed by atoms with E-state index in [9.17, 15) is 27.6 Å². The number of carbonyl (C=O) groups is 3. The van der Waals surface area contributed by atoms with Gasteiger partial charge in [-0.3, -0.25) is 24.9 Å². The van der Waals surface area contributed by atoms with E-state index >= 15 is 0 Å². The molecule has 2 N–H and O–H groups in total. The highest BCUT2D eigenvalue weighted by Gasteiger charge is 2.35. The van der Waals surface area contributed by atoms with Gasteiger partial charge in [0, 0.05) is 17.4 Å². The maximum absolute atomic E-state index is 12.8. The normalized spacial score (nSPS) is 14.5. The van der Waals surface area contributed by atoms with Crippen LogP contribution in [0.15, 0.2) is 83.9 Å². The van der Waals surface area contributed by atoms with Crippen LogP contribution in [0.3, 0.4) is 0 Å². The molecule has 45 heavy (non-hydrogen) atoms. The van der Waals surface area contributed by atoms with Crippen molar-refractivity contribution < 1.29 is 32.3 Å². The zero-order valence-electron chi connectivity index (χ0n) is 25.2. The third kappa shape index (κ3) is 11.0. The van der Waals surface area contributed by atoms with E-state index in [2.05, 4.69) is 15.4 Å². The first-order valence-corrected chi connectivity index (χ1v) is 15.0. The molecule has 1 saturated heterocycles. The number of rotatable bonds is 5. The smallest absolute Gasteiger partial charge is 0.406 e. The van der Waals surface area contributed by atoms with E-state index in [1.807, 2.05) is 65.0 Å². The second kappa shape index (κ2) is 15.2. The minimum atomic E-state index is -4.80. The Kier molecular flexibility index (Phi) is 11.9. The molecule has 0 radical (unpaired) electrons. The summed E-state index contributed by atoms with van der Waals surface area (Å²) in [6.45, 7) is 10.2. The zero-order chi connectivity index (χ0) is 33.4. The Morgan fingerprint density at radius 1 is 0.956 bits per heavy atom. The fourth-order valence-electron chi connectivity index (χ4n) is 3.78. The van der Waals surface area contributed by atoms with Gasteiger partial charge in [0.15, 0.2) is 5.17 Å². The van der Waals surface area contributed by atoms with Crippen LogP contribution >= 0.6 is 23.4 Å². The number of nitrogens with one attached hydrogen (secondary N) is 2. The lowest BCUT2D eigenvalue weighted by atomic mass is 10.1. The topological polar surface area (TPSA) is 103 Å². The molecule has 0 unspecified atom stereocenters. The van der Waals surface area contributed by atoms with Gasteiger partial charge in [-0.15, -0.1) is 13.2 Å². The molecular weight excluding hydrogens is 631 g/mol. The number of hydrogen-bond donors (Lipinski definition) is 2. The number of nitrogens with zero attached hydrogens (tertiary/aromatic N) is 3. The molecule has 0 aliphatic carbocycles. The summed E-state index contributed by atoms with van der Waals surface area (Å²) in [5.74, 6) is -0.545. The van der Waals surface area contributed by atoms with Crippen LogP contribution in [0.4, 0.5) is 34.1 Å². The van der Waals surface area contributed by atoms with Gasteiger partial charge in [-0.1, -0.05) is 53.7 Å². The molecule has 1 aliphatic heterocycles. The summed E-state index contributed by atoms with van der Waals surface area (Å²) < 4.78 is 39.8. The number of benzene rings is 3. The summed E-state index contributed by atoms with van der Waals surface area (Å²) >= 11 is 7.45. The maximum atomic E-state index is 12.8. The van der Waals surface area contributed by atoms with Crippen molar-refractivity contribution in [3.8, 4) is 5.75 Å². The molecule has 0 bridgehead atoms. The molecule has 0 aromatic heterocycles. The summed E-state index contributed by atoms with van der Waals surface area (Å²) in [7, 11) is 0. The quantitative estimate of drug-likeness (QED) is 0.285. The van der Waals surface area contributed by atoms with Gasteiger partial charge in [0.1, 0.15) is 5.75 Å². The zero-order valence-corrected chi connectivity index (χ0v) is 26.8. The van der Waals surface area contributed by atoms with Crippen molar-refractivity contribution in [2.45, 2.75) is 52.6 Å². The average molecular weight is 664 g/mol. The van der Waals surface area contributed by atoms with E-state index in [4.69, 9.17) is 16.6 Å². The molecule has 1 fully saturated rings. The van der Waals surface area contributed by atoms with Crippen LogP contribution in [0.1, 0.15) is 45.0 Å². The third-order valence-electron chi connectivity index (χ3n) is 5.67. The second-order valence-electron chi connectivity index (χ2n) is 10.8. The predicted octanol–water partition coefficient (Wildman–Crippen LogP) is 8.38. The molecule has 9 nitrogen and oxygen atoms in total. The van der Waals surface area contributed by atoms with Gasteiger partial charge in [0.25, 0.3) is 5.91 Å². The van der Waals surface area contributed by atoms with Crippen LogP contribution in [0.25, 0.3) is 0 Å². The Hall–Kier alpha value is -4.23. The van der Waals surface area contributed by atoms with Gasteiger partial charge in [-0.25, -0.2) is 9.59 Å². The average Bonchev–Trinajstić information content (AvgIpc) is 2.93. The van der Waals surface area contributed by atoms with Crippen molar-refractivity contribution in [1.82, 2.24) is 10.2 Å². The number of imide groups is 1. The van der Waals surface area contributed by atoms with E-state index in [0.717, 1.165) is 23.0 Å². The van der Waals surface area contributed by atoms with Gasteiger partial charge < -0.3 is 10.1 Å². The summed E-state index contributed by atoms with van der Waals surface area (Å²) in [6, 6.07) is 19.6. The molecule has 14 heteroatoms. The Balaban J connectivity index is 0.000000248. The number of hydrogen-bond acceptors (Lipinski definition) is 6. The lowest BCUT2D eigenvalue weighted by Gasteiger charge is -2.38. The number of amidine groups is 1. The van der Waals surface area contributed by atoms with Crippen molar-refractivity contribution in [2.24, 2.45) is 4.99 Å². The largest absolute Gasteiger partial charge is 0.573 e. The van der Waals surface area contributed by atoms with Crippen LogP contribution in [0.5, 0.6) is 5.75 Å². The summed E-state index contributed by atoms with van der Waals surface area (Å²) in [5.41, 5.74) is 1.03. The molecule has 0 atom stereocenters. The molecule has 1 heterocycles. The first kappa shape index (κ1) is 35.3. The molecule has 5 amide bonds.